The first kappa shape index (κ1) is 21.6. The van der Waals surface area contributed by atoms with Crippen LogP contribution in [0.2, 0.25) is 0 Å². The zero-order chi connectivity index (χ0) is 21.3. The second-order valence-corrected chi connectivity index (χ2v) is 7.50. The third-order valence-corrected chi connectivity index (χ3v) is 5.60. The molecule has 0 aliphatic carbocycles. The molecule has 0 saturated heterocycles. The van der Waals surface area contributed by atoms with Crippen molar-refractivity contribution in [1.82, 2.24) is 10.2 Å². The van der Waals surface area contributed by atoms with Gasteiger partial charge in [-0.1, -0.05) is 79.7 Å². The van der Waals surface area contributed by atoms with Crippen LogP contribution in [0.5, 0.6) is 0 Å². The van der Waals surface area contributed by atoms with E-state index in [1.807, 2.05) is 43.3 Å². The van der Waals surface area contributed by atoms with Crippen molar-refractivity contribution < 1.29 is 9.59 Å². The highest BCUT2D eigenvalue weighted by atomic mass is 16.2. The number of nitrogens with zero attached hydrogens (tertiary/aromatic N) is 1. The van der Waals surface area contributed by atoms with E-state index in [2.05, 4.69) is 41.7 Å². The Hall–Kier alpha value is -3.14. The molecule has 4 heteroatoms. The van der Waals surface area contributed by atoms with Gasteiger partial charge in [0.15, 0.2) is 0 Å². The van der Waals surface area contributed by atoms with E-state index < -0.39 is 6.04 Å². The van der Waals surface area contributed by atoms with Gasteiger partial charge in [-0.05, 0) is 41.2 Å². The van der Waals surface area contributed by atoms with Crippen LogP contribution in [-0.4, -0.2) is 36.3 Å². The van der Waals surface area contributed by atoms with Crippen molar-refractivity contribution >= 4 is 22.6 Å². The Balaban J connectivity index is 1.75. The Bertz CT molecular complexity index is 979. The summed E-state index contributed by atoms with van der Waals surface area (Å²) in [5.41, 5.74) is 2.33. The third-order valence-electron chi connectivity index (χ3n) is 5.60. The maximum absolute atomic E-state index is 13.2. The van der Waals surface area contributed by atoms with Gasteiger partial charge in [-0.2, -0.15) is 0 Å². The van der Waals surface area contributed by atoms with Gasteiger partial charge < -0.3 is 10.2 Å². The summed E-state index contributed by atoms with van der Waals surface area (Å²) in [6.45, 7) is 2.48. The molecule has 0 bridgehead atoms. The molecule has 0 unspecified atom stereocenters. The van der Waals surface area contributed by atoms with Crippen LogP contribution in [-0.2, 0) is 22.4 Å². The number of amides is 2. The van der Waals surface area contributed by atoms with Crippen LogP contribution in [0.4, 0.5) is 0 Å². The normalized spacial score (nSPS) is 11.8. The first-order valence-corrected chi connectivity index (χ1v) is 10.7. The molecular formula is C26H30N2O2. The molecule has 30 heavy (non-hydrogen) atoms. The van der Waals surface area contributed by atoms with E-state index in [0.717, 1.165) is 17.5 Å². The van der Waals surface area contributed by atoms with Gasteiger partial charge in [0.1, 0.15) is 6.04 Å². The standard InChI is InChI=1S/C26H30N2O2/c1-3-24(26(30)27-2)28(19-18-20-10-5-4-6-11-20)25(29)17-16-22-14-9-13-21-12-7-8-15-23(21)22/h4-15,24H,3,16-19H2,1-2H3,(H,27,30)/t24-/m1/s1. The topological polar surface area (TPSA) is 49.4 Å². The Kier molecular flexibility index (Phi) is 7.61. The van der Waals surface area contributed by atoms with E-state index in [-0.39, 0.29) is 11.8 Å². The first-order chi connectivity index (χ1) is 14.6. The third kappa shape index (κ3) is 5.26. The van der Waals surface area contributed by atoms with Gasteiger partial charge in [0.25, 0.3) is 0 Å². The Morgan fingerprint density at radius 3 is 2.33 bits per heavy atom. The summed E-state index contributed by atoms with van der Waals surface area (Å²) < 4.78 is 0. The van der Waals surface area contributed by atoms with Gasteiger partial charge in [-0.25, -0.2) is 0 Å². The number of likely N-dealkylation sites (N-methyl/N-ethyl adjacent to an activating group) is 1. The highest BCUT2D eigenvalue weighted by Crippen LogP contribution is 2.20. The molecule has 0 saturated carbocycles. The molecule has 4 nitrogen and oxygen atoms in total. The van der Waals surface area contributed by atoms with Crippen molar-refractivity contribution in [3.8, 4) is 0 Å². The van der Waals surface area contributed by atoms with Crippen molar-refractivity contribution in [2.45, 2.75) is 38.6 Å². The molecule has 0 heterocycles. The number of carbonyl (C=O) groups excluding carboxylic acids is 2. The molecule has 0 radical (unpaired) electrons. The SMILES string of the molecule is CC[C@H](C(=O)NC)N(CCc1ccccc1)C(=O)CCc1cccc2ccccc12. The zero-order valence-corrected chi connectivity index (χ0v) is 17.8. The number of rotatable bonds is 9. The van der Waals surface area contributed by atoms with Crippen LogP contribution in [0.1, 0.15) is 30.9 Å². The predicted octanol–water partition coefficient (Wildman–Crippen LogP) is 4.37. The Labute approximate surface area is 178 Å². The van der Waals surface area contributed by atoms with Gasteiger partial charge in [0.2, 0.25) is 11.8 Å². The molecule has 3 rings (SSSR count). The molecule has 0 aliphatic rings. The lowest BCUT2D eigenvalue weighted by Gasteiger charge is -2.30. The molecule has 0 spiro atoms. The molecule has 1 N–H and O–H groups in total. The van der Waals surface area contributed by atoms with Crippen molar-refractivity contribution in [2.75, 3.05) is 13.6 Å². The lowest BCUT2D eigenvalue weighted by molar-refractivity contribution is -0.140. The van der Waals surface area contributed by atoms with Crippen LogP contribution in [0, 0.1) is 0 Å². The fourth-order valence-electron chi connectivity index (χ4n) is 3.96. The number of nitrogens with one attached hydrogen (secondary N) is 1. The van der Waals surface area contributed by atoms with E-state index in [0.29, 0.717) is 25.8 Å². The van der Waals surface area contributed by atoms with Crippen LogP contribution >= 0.6 is 0 Å². The highest BCUT2D eigenvalue weighted by Gasteiger charge is 2.27. The Morgan fingerprint density at radius 1 is 0.900 bits per heavy atom. The molecular weight excluding hydrogens is 372 g/mol. The molecule has 3 aromatic rings. The van der Waals surface area contributed by atoms with Crippen LogP contribution in [0.25, 0.3) is 10.8 Å². The van der Waals surface area contributed by atoms with E-state index in [9.17, 15) is 9.59 Å². The van der Waals surface area contributed by atoms with Gasteiger partial charge in [0.05, 0.1) is 0 Å². The summed E-state index contributed by atoms with van der Waals surface area (Å²) in [5.74, 6) is -0.0848. The number of hydrogen-bond acceptors (Lipinski definition) is 2. The molecule has 2 amide bonds. The van der Waals surface area contributed by atoms with Crippen molar-refractivity contribution in [3.05, 3.63) is 83.9 Å². The van der Waals surface area contributed by atoms with Crippen LogP contribution < -0.4 is 5.32 Å². The molecule has 1 atom stereocenters. The smallest absolute Gasteiger partial charge is 0.242 e. The molecule has 3 aromatic carbocycles. The Morgan fingerprint density at radius 2 is 1.60 bits per heavy atom. The average Bonchev–Trinajstić information content (AvgIpc) is 2.80. The summed E-state index contributed by atoms with van der Waals surface area (Å²) >= 11 is 0. The number of carbonyl (C=O) groups is 2. The highest BCUT2D eigenvalue weighted by molar-refractivity contribution is 5.89. The van der Waals surface area contributed by atoms with Crippen molar-refractivity contribution in [2.24, 2.45) is 0 Å². The monoisotopic (exact) mass is 402 g/mol. The lowest BCUT2D eigenvalue weighted by atomic mass is 10.00. The van der Waals surface area contributed by atoms with Gasteiger partial charge >= 0.3 is 0 Å². The molecule has 0 aliphatic heterocycles. The second-order valence-electron chi connectivity index (χ2n) is 7.50. The maximum atomic E-state index is 13.2. The molecule has 0 aromatic heterocycles. The zero-order valence-electron chi connectivity index (χ0n) is 17.8. The predicted molar refractivity (Wildman–Crippen MR) is 122 cm³/mol. The van der Waals surface area contributed by atoms with Crippen LogP contribution in [0.15, 0.2) is 72.8 Å². The van der Waals surface area contributed by atoms with Crippen LogP contribution in [0.3, 0.4) is 0 Å². The summed E-state index contributed by atoms with van der Waals surface area (Å²) in [7, 11) is 1.63. The summed E-state index contributed by atoms with van der Waals surface area (Å²) in [5, 5.41) is 5.08. The van der Waals surface area contributed by atoms with Gasteiger partial charge in [-0.3, -0.25) is 9.59 Å². The van der Waals surface area contributed by atoms with E-state index in [4.69, 9.17) is 0 Å². The summed E-state index contributed by atoms with van der Waals surface area (Å²) in [4.78, 5) is 27.4. The van der Waals surface area contributed by atoms with Gasteiger partial charge in [0, 0.05) is 20.0 Å². The van der Waals surface area contributed by atoms with Crippen molar-refractivity contribution in [1.29, 1.82) is 0 Å². The number of hydrogen-bond donors (Lipinski definition) is 1. The second kappa shape index (κ2) is 10.6. The first-order valence-electron chi connectivity index (χ1n) is 10.7. The minimum absolute atomic E-state index is 0.0225. The maximum Gasteiger partial charge on any atom is 0.242 e. The lowest BCUT2D eigenvalue weighted by Crippen LogP contribution is -2.49. The number of aryl methyl sites for hydroxylation is 1. The molecule has 156 valence electrons. The van der Waals surface area contributed by atoms with Crippen molar-refractivity contribution in [3.63, 3.8) is 0 Å². The summed E-state index contributed by atoms with van der Waals surface area (Å²) in [6.07, 6.45) is 2.37. The van der Waals surface area contributed by atoms with E-state index >= 15 is 0 Å². The van der Waals surface area contributed by atoms with E-state index in [1.165, 1.54) is 10.8 Å². The quantitative estimate of drug-likeness (QED) is 0.578. The number of benzene rings is 3. The van der Waals surface area contributed by atoms with E-state index in [1.54, 1.807) is 11.9 Å². The minimum Gasteiger partial charge on any atom is -0.357 e. The fourth-order valence-corrected chi connectivity index (χ4v) is 3.96. The van der Waals surface area contributed by atoms with Gasteiger partial charge in [-0.15, -0.1) is 0 Å². The fraction of sp³-hybridized carbons (Fsp3) is 0.308. The molecule has 0 fully saturated rings. The largest absolute Gasteiger partial charge is 0.357 e. The summed E-state index contributed by atoms with van der Waals surface area (Å²) in [6, 6.07) is 24.1. The minimum atomic E-state index is -0.446. The average molecular weight is 403 g/mol. The number of fused-ring (bicyclic) bond motifs is 1.